The largest absolute Gasteiger partial charge is 0.394 e. The lowest BCUT2D eigenvalue weighted by Crippen LogP contribution is -2.44. The van der Waals surface area contributed by atoms with Gasteiger partial charge in [0.25, 0.3) is 0 Å². The lowest BCUT2D eigenvalue weighted by molar-refractivity contribution is 0.0712. The van der Waals surface area contributed by atoms with Crippen LogP contribution in [0.15, 0.2) is 4.47 Å². The molecule has 0 unspecified atom stereocenters. The van der Waals surface area contributed by atoms with Crippen LogP contribution in [0.3, 0.4) is 0 Å². The minimum absolute atomic E-state index is 0.139. The van der Waals surface area contributed by atoms with Crippen molar-refractivity contribution < 1.29 is 5.11 Å². The molecule has 98 valence electrons. The lowest BCUT2D eigenvalue weighted by Gasteiger charge is -2.33. The molecule has 0 atom stereocenters. The third-order valence-corrected chi connectivity index (χ3v) is 4.29. The molecule has 1 rings (SSSR count). The maximum Gasteiger partial charge on any atom is 0.0739 e. The van der Waals surface area contributed by atoms with E-state index in [1.54, 1.807) is 0 Å². The van der Waals surface area contributed by atoms with E-state index in [1.165, 1.54) is 0 Å². The second kappa shape index (κ2) is 5.50. The van der Waals surface area contributed by atoms with E-state index in [-0.39, 0.29) is 12.1 Å². The molecule has 0 fully saturated rings. The van der Waals surface area contributed by atoms with Gasteiger partial charge in [0.1, 0.15) is 0 Å². The lowest BCUT2D eigenvalue weighted by atomic mass is 10.1. The van der Waals surface area contributed by atoms with Gasteiger partial charge in [0.15, 0.2) is 0 Å². The number of hydrogen-bond acceptors (Lipinski definition) is 3. The predicted molar refractivity (Wildman–Crippen MR) is 73.0 cm³/mol. The number of rotatable bonds is 5. The third kappa shape index (κ3) is 3.09. The fraction of sp³-hybridized carbons (Fsp3) is 0.750. The molecule has 1 heterocycles. The summed E-state index contributed by atoms with van der Waals surface area (Å²) in [6.07, 6.45) is 0. The van der Waals surface area contributed by atoms with Crippen LogP contribution in [0.2, 0.25) is 0 Å². The maximum atomic E-state index is 9.37. The van der Waals surface area contributed by atoms with E-state index in [9.17, 15) is 5.11 Å². The van der Waals surface area contributed by atoms with E-state index in [1.807, 2.05) is 32.5 Å². The van der Waals surface area contributed by atoms with Crippen LogP contribution in [0.4, 0.5) is 0 Å². The Kier molecular flexibility index (Phi) is 4.75. The van der Waals surface area contributed by atoms with Crippen LogP contribution in [-0.2, 0) is 13.1 Å². The highest BCUT2D eigenvalue weighted by molar-refractivity contribution is 9.10. The van der Waals surface area contributed by atoms with Gasteiger partial charge < -0.3 is 5.11 Å². The van der Waals surface area contributed by atoms with Crippen LogP contribution >= 0.6 is 15.9 Å². The van der Waals surface area contributed by atoms with Gasteiger partial charge in [-0.15, -0.1) is 0 Å². The van der Waals surface area contributed by atoms with E-state index in [2.05, 4.69) is 32.9 Å². The summed E-state index contributed by atoms with van der Waals surface area (Å²) in [6.45, 7) is 9.90. The van der Waals surface area contributed by atoms with Crippen LogP contribution in [0.5, 0.6) is 0 Å². The first-order chi connectivity index (χ1) is 7.83. The van der Waals surface area contributed by atoms with Gasteiger partial charge in [-0.3, -0.25) is 9.58 Å². The van der Waals surface area contributed by atoms with Gasteiger partial charge in [0.05, 0.1) is 22.5 Å². The fourth-order valence-corrected chi connectivity index (χ4v) is 1.99. The molecule has 0 aliphatic heterocycles. The average Bonchev–Trinajstić information content (AvgIpc) is 2.56. The molecule has 0 spiro atoms. The van der Waals surface area contributed by atoms with Crippen LogP contribution in [-0.4, -0.2) is 39.0 Å². The number of aliphatic hydroxyl groups is 1. The first-order valence-electron chi connectivity index (χ1n) is 5.87. The van der Waals surface area contributed by atoms with Crippen molar-refractivity contribution in [3.05, 3.63) is 15.9 Å². The van der Waals surface area contributed by atoms with Gasteiger partial charge in [-0.25, -0.2) is 0 Å². The molecule has 0 radical (unpaired) electrons. The Labute approximate surface area is 112 Å². The van der Waals surface area contributed by atoms with E-state index < -0.39 is 0 Å². The topological polar surface area (TPSA) is 41.3 Å². The van der Waals surface area contributed by atoms with Crippen LogP contribution in [0, 0.1) is 6.92 Å². The monoisotopic (exact) mass is 303 g/mol. The van der Waals surface area contributed by atoms with Gasteiger partial charge >= 0.3 is 0 Å². The summed E-state index contributed by atoms with van der Waals surface area (Å²) >= 11 is 3.59. The summed E-state index contributed by atoms with van der Waals surface area (Å²) < 4.78 is 3.07. The molecule has 0 saturated heterocycles. The molecule has 1 N–H and O–H groups in total. The molecule has 1 aromatic heterocycles. The Morgan fingerprint density at radius 3 is 2.53 bits per heavy atom. The highest BCUT2D eigenvalue weighted by Gasteiger charge is 2.24. The van der Waals surface area contributed by atoms with Gasteiger partial charge in [-0.2, -0.15) is 5.10 Å². The maximum absolute atomic E-state index is 9.37. The van der Waals surface area contributed by atoms with Gasteiger partial charge in [-0.1, -0.05) is 0 Å². The Morgan fingerprint density at radius 1 is 1.47 bits per heavy atom. The zero-order chi connectivity index (χ0) is 13.2. The molecule has 0 aliphatic carbocycles. The van der Waals surface area contributed by atoms with Crippen LogP contribution in [0.1, 0.15) is 32.2 Å². The Hall–Kier alpha value is -0.390. The molecule has 0 aliphatic rings. The molecular formula is C12H22BrN3O. The summed E-state index contributed by atoms with van der Waals surface area (Å²) in [4.78, 5) is 2.14. The Morgan fingerprint density at radius 2 is 2.06 bits per heavy atom. The predicted octanol–water partition coefficient (Wildman–Crippen LogP) is 2.18. The Bertz CT molecular complexity index is 387. The van der Waals surface area contributed by atoms with Crippen molar-refractivity contribution in [1.82, 2.24) is 14.7 Å². The Balaban J connectivity index is 2.95. The molecule has 0 saturated carbocycles. The van der Waals surface area contributed by atoms with Crippen molar-refractivity contribution in [2.75, 3.05) is 13.7 Å². The van der Waals surface area contributed by atoms with Crippen molar-refractivity contribution in [2.45, 2.75) is 46.3 Å². The second-order valence-electron chi connectivity index (χ2n) is 4.99. The van der Waals surface area contributed by atoms with E-state index >= 15 is 0 Å². The van der Waals surface area contributed by atoms with E-state index in [0.717, 1.165) is 29.0 Å². The zero-order valence-electron chi connectivity index (χ0n) is 11.3. The van der Waals surface area contributed by atoms with Crippen molar-refractivity contribution in [3.63, 3.8) is 0 Å². The quantitative estimate of drug-likeness (QED) is 0.906. The normalized spacial score (nSPS) is 12.5. The number of halogens is 1. The summed E-state index contributed by atoms with van der Waals surface area (Å²) in [5.41, 5.74) is 1.95. The van der Waals surface area contributed by atoms with Gasteiger partial charge in [0, 0.05) is 18.6 Å². The molecule has 17 heavy (non-hydrogen) atoms. The van der Waals surface area contributed by atoms with E-state index in [0.29, 0.717) is 0 Å². The summed E-state index contributed by atoms with van der Waals surface area (Å²) in [5, 5.41) is 13.8. The number of likely N-dealkylation sites (N-methyl/N-ethyl adjacent to an activating group) is 1. The number of aliphatic hydroxyl groups excluding tert-OH is 1. The van der Waals surface area contributed by atoms with Gasteiger partial charge in [-0.05, 0) is 50.7 Å². The van der Waals surface area contributed by atoms with E-state index in [4.69, 9.17) is 0 Å². The molecule has 5 heteroatoms. The number of aromatic nitrogens is 2. The van der Waals surface area contributed by atoms with Crippen molar-refractivity contribution in [3.8, 4) is 0 Å². The number of aryl methyl sites for hydroxylation is 2. The molecule has 1 aromatic rings. The minimum atomic E-state index is -0.226. The fourth-order valence-electron chi connectivity index (χ4n) is 1.58. The highest BCUT2D eigenvalue weighted by atomic mass is 79.9. The standard InChI is InChI=1S/C12H22BrN3O/c1-6-16-10(11(13)9(2)14-16)7-15(5)12(3,4)8-17/h17H,6-8H2,1-5H3. The van der Waals surface area contributed by atoms with Gasteiger partial charge in [0.2, 0.25) is 0 Å². The summed E-state index contributed by atoms with van der Waals surface area (Å²) in [5.74, 6) is 0. The van der Waals surface area contributed by atoms with Crippen molar-refractivity contribution in [1.29, 1.82) is 0 Å². The summed E-state index contributed by atoms with van der Waals surface area (Å²) in [7, 11) is 2.02. The van der Waals surface area contributed by atoms with Crippen molar-refractivity contribution in [2.24, 2.45) is 0 Å². The van der Waals surface area contributed by atoms with Crippen LogP contribution in [0.25, 0.3) is 0 Å². The summed E-state index contributed by atoms with van der Waals surface area (Å²) in [6, 6.07) is 0. The smallest absolute Gasteiger partial charge is 0.0739 e. The SMILES string of the molecule is CCn1nc(C)c(Br)c1CN(C)C(C)(C)CO. The second-order valence-corrected chi connectivity index (χ2v) is 5.78. The number of nitrogens with zero attached hydrogens (tertiary/aromatic N) is 3. The minimum Gasteiger partial charge on any atom is -0.394 e. The molecule has 0 aromatic carbocycles. The third-order valence-electron chi connectivity index (χ3n) is 3.26. The van der Waals surface area contributed by atoms with Crippen LogP contribution < -0.4 is 0 Å². The molecule has 0 bridgehead atoms. The zero-order valence-corrected chi connectivity index (χ0v) is 12.9. The first kappa shape index (κ1) is 14.7. The number of hydrogen-bond donors (Lipinski definition) is 1. The first-order valence-corrected chi connectivity index (χ1v) is 6.66. The van der Waals surface area contributed by atoms with Crippen molar-refractivity contribution >= 4 is 15.9 Å². The average molecular weight is 304 g/mol. The molecule has 4 nitrogen and oxygen atoms in total. The highest BCUT2D eigenvalue weighted by Crippen LogP contribution is 2.24. The molecular weight excluding hydrogens is 282 g/mol. The molecule has 0 amide bonds.